The molecule has 150 valence electrons. The molecule has 4 heterocycles. The number of nitrogens with zero attached hydrogens (tertiary/aromatic N) is 5. The van der Waals surface area contributed by atoms with Crippen molar-refractivity contribution in [3.63, 3.8) is 0 Å². The number of rotatable bonds is 4. The topological polar surface area (TPSA) is 56.1 Å². The average Bonchev–Trinajstić information content (AvgIpc) is 3.18. The predicted molar refractivity (Wildman–Crippen MR) is 110 cm³/mol. The van der Waals surface area contributed by atoms with Gasteiger partial charge in [0.1, 0.15) is 11.4 Å². The van der Waals surface area contributed by atoms with Crippen LogP contribution in [0.15, 0.2) is 48.9 Å². The molecule has 0 amide bonds. The van der Waals surface area contributed by atoms with Gasteiger partial charge in [-0.3, -0.25) is 9.58 Å². The maximum Gasteiger partial charge on any atom is 0.125 e. The molecule has 0 atom stereocenters. The molecule has 6 heteroatoms. The number of hydrogen-bond acceptors (Lipinski definition) is 5. The van der Waals surface area contributed by atoms with Gasteiger partial charge in [-0.15, -0.1) is 0 Å². The highest BCUT2D eigenvalue weighted by Gasteiger charge is 2.42. The van der Waals surface area contributed by atoms with Crippen LogP contribution in [0.5, 0.6) is 0 Å². The predicted octanol–water partition coefficient (Wildman–Crippen LogP) is 3.09. The van der Waals surface area contributed by atoms with Crippen LogP contribution in [0.1, 0.15) is 41.1 Å². The Kier molecular flexibility index (Phi) is 4.89. The third kappa shape index (κ3) is 3.82. The molecule has 1 spiro atoms. The Morgan fingerprint density at radius 3 is 2.69 bits per heavy atom. The number of piperidine rings is 1. The fraction of sp³-hybridized carbons (Fsp3) is 0.435. The lowest BCUT2D eigenvalue weighted by molar-refractivity contribution is -0.102. The summed E-state index contributed by atoms with van der Waals surface area (Å²) < 4.78 is 8.35. The first-order valence-corrected chi connectivity index (χ1v) is 10.4. The number of aromatic nitrogens is 4. The van der Waals surface area contributed by atoms with Crippen molar-refractivity contribution in [3.05, 3.63) is 77.1 Å². The van der Waals surface area contributed by atoms with Gasteiger partial charge < -0.3 is 4.74 Å². The van der Waals surface area contributed by atoms with Crippen LogP contribution in [0.25, 0.3) is 0 Å². The standard InChI is InChI=1S/C23H27N5O/c1-18-24-14-21-7-12-29-23(22(21)26-18)8-10-27(11-9-23)15-20-13-25-28(17-20)16-19-5-3-2-4-6-19/h2-6,13-14,17H,7-12,15-16H2,1H3. The van der Waals surface area contributed by atoms with E-state index in [-0.39, 0.29) is 5.60 Å². The Morgan fingerprint density at radius 1 is 1.03 bits per heavy atom. The minimum absolute atomic E-state index is 0.227. The summed E-state index contributed by atoms with van der Waals surface area (Å²) in [4.78, 5) is 11.7. The lowest BCUT2D eigenvalue weighted by atomic mass is 9.83. The summed E-state index contributed by atoms with van der Waals surface area (Å²) in [5.41, 5.74) is 4.70. The molecule has 2 aliphatic heterocycles. The molecule has 1 saturated heterocycles. The van der Waals surface area contributed by atoms with E-state index in [1.54, 1.807) is 0 Å². The van der Waals surface area contributed by atoms with Gasteiger partial charge in [0, 0.05) is 37.6 Å². The van der Waals surface area contributed by atoms with E-state index >= 15 is 0 Å². The SMILES string of the molecule is Cc1ncc2c(n1)C1(CCN(Cc3cnn(Cc4ccccc4)c3)CC1)OCC2. The first-order valence-electron chi connectivity index (χ1n) is 10.4. The smallest absolute Gasteiger partial charge is 0.125 e. The van der Waals surface area contributed by atoms with Crippen LogP contribution in [0.2, 0.25) is 0 Å². The molecule has 0 N–H and O–H groups in total. The Balaban J connectivity index is 1.23. The van der Waals surface area contributed by atoms with E-state index < -0.39 is 0 Å². The average molecular weight is 390 g/mol. The van der Waals surface area contributed by atoms with Crippen LogP contribution >= 0.6 is 0 Å². The Labute approximate surface area is 171 Å². The van der Waals surface area contributed by atoms with Crippen LogP contribution < -0.4 is 0 Å². The van der Waals surface area contributed by atoms with E-state index in [0.29, 0.717) is 0 Å². The molecule has 6 nitrogen and oxygen atoms in total. The highest BCUT2D eigenvalue weighted by molar-refractivity contribution is 5.27. The van der Waals surface area contributed by atoms with Crippen molar-refractivity contribution in [3.8, 4) is 0 Å². The first kappa shape index (κ1) is 18.5. The van der Waals surface area contributed by atoms with Crippen molar-refractivity contribution in [2.24, 2.45) is 0 Å². The van der Waals surface area contributed by atoms with E-state index in [2.05, 4.69) is 45.4 Å². The molecule has 0 unspecified atom stereocenters. The zero-order valence-electron chi connectivity index (χ0n) is 16.9. The fourth-order valence-corrected chi connectivity index (χ4v) is 4.55. The summed E-state index contributed by atoms with van der Waals surface area (Å²) in [6, 6.07) is 10.5. The number of ether oxygens (including phenoxy) is 1. The monoisotopic (exact) mass is 389 g/mol. The van der Waals surface area contributed by atoms with E-state index in [1.165, 1.54) is 16.7 Å². The van der Waals surface area contributed by atoms with Crippen LogP contribution in [-0.2, 0) is 29.8 Å². The Bertz CT molecular complexity index is 976. The summed E-state index contributed by atoms with van der Waals surface area (Å²) in [6.07, 6.45) is 9.04. The third-order valence-corrected chi connectivity index (χ3v) is 6.11. The second-order valence-corrected chi connectivity index (χ2v) is 8.19. The minimum atomic E-state index is -0.227. The second-order valence-electron chi connectivity index (χ2n) is 8.19. The largest absolute Gasteiger partial charge is 0.368 e. The van der Waals surface area contributed by atoms with Crippen LogP contribution in [-0.4, -0.2) is 44.3 Å². The van der Waals surface area contributed by atoms with E-state index in [4.69, 9.17) is 9.72 Å². The molecule has 2 aromatic heterocycles. The van der Waals surface area contributed by atoms with Gasteiger partial charge in [0.2, 0.25) is 0 Å². The lowest BCUT2D eigenvalue weighted by Crippen LogP contribution is -2.47. The summed E-state index contributed by atoms with van der Waals surface area (Å²) in [5, 5.41) is 4.55. The molecule has 0 radical (unpaired) electrons. The molecule has 3 aromatic rings. The van der Waals surface area contributed by atoms with Crippen molar-refractivity contribution >= 4 is 0 Å². The van der Waals surface area contributed by atoms with Crippen molar-refractivity contribution < 1.29 is 4.74 Å². The summed E-state index contributed by atoms with van der Waals surface area (Å²) in [7, 11) is 0. The molecule has 1 fully saturated rings. The molecule has 0 bridgehead atoms. The lowest BCUT2D eigenvalue weighted by Gasteiger charge is -2.44. The quantitative estimate of drug-likeness (QED) is 0.686. The summed E-state index contributed by atoms with van der Waals surface area (Å²) in [6.45, 7) is 6.49. The summed E-state index contributed by atoms with van der Waals surface area (Å²) in [5.74, 6) is 0.835. The van der Waals surface area contributed by atoms with Crippen molar-refractivity contribution in [1.29, 1.82) is 0 Å². The maximum absolute atomic E-state index is 6.32. The highest BCUT2D eigenvalue weighted by Crippen LogP contribution is 2.40. The molecular weight excluding hydrogens is 362 g/mol. The highest BCUT2D eigenvalue weighted by atomic mass is 16.5. The Morgan fingerprint density at radius 2 is 1.86 bits per heavy atom. The zero-order valence-corrected chi connectivity index (χ0v) is 16.9. The van der Waals surface area contributed by atoms with E-state index in [1.807, 2.05) is 30.1 Å². The molecule has 1 aromatic carbocycles. The van der Waals surface area contributed by atoms with Gasteiger partial charge in [-0.1, -0.05) is 30.3 Å². The summed E-state index contributed by atoms with van der Waals surface area (Å²) >= 11 is 0. The third-order valence-electron chi connectivity index (χ3n) is 6.11. The number of likely N-dealkylation sites (tertiary alicyclic amines) is 1. The normalized spacial score (nSPS) is 18.7. The first-order chi connectivity index (χ1) is 14.2. The van der Waals surface area contributed by atoms with Gasteiger partial charge in [0.15, 0.2) is 0 Å². The van der Waals surface area contributed by atoms with Gasteiger partial charge in [-0.05, 0) is 37.3 Å². The van der Waals surface area contributed by atoms with Crippen molar-refractivity contribution in [2.45, 2.75) is 44.9 Å². The zero-order chi connectivity index (χ0) is 19.7. The van der Waals surface area contributed by atoms with Crippen LogP contribution in [0, 0.1) is 6.92 Å². The van der Waals surface area contributed by atoms with Crippen LogP contribution in [0.3, 0.4) is 0 Å². The van der Waals surface area contributed by atoms with Gasteiger partial charge in [-0.2, -0.15) is 5.10 Å². The Hall–Kier alpha value is -2.57. The molecule has 2 aliphatic rings. The molecular formula is C23H27N5O. The molecule has 29 heavy (non-hydrogen) atoms. The van der Waals surface area contributed by atoms with Crippen molar-refractivity contribution in [1.82, 2.24) is 24.6 Å². The van der Waals surface area contributed by atoms with E-state index in [9.17, 15) is 0 Å². The fourth-order valence-electron chi connectivity index (χ4n) is 4.55. The molecule has 0 aliphatic carbocycles. The molecule has 5 rings (SSSR count). The number of fused-ring (bicyclic) bond motifs is 2. The second kappa shape index (κ2) is 7.69. The van der Waals surface area contributed by atoms with Crippen LogP contribution in [0.4, 0.5) is 0 Å². The van der Waals surface area contributed by atoms with Gasteiger partial charge in [-0.25, -0.2) is 9.97 Å². The van der Waals surface area contributed by atoms with Gasteiger partial charge in [0.05, 0.1) is 25.0 Å². The van der Waals surface area contributed by atoms with Crippen molar-refractivity contribution in [2.75, 3.05) is 19.7 Å². The number of aryl methyl sites for hydroxylation is 1. The van der Waals surface area contributed by atoms with E-state index in [0.717, 1.165) is 63.6 Å². The molecule has 0 saturated carbocycles. The minimum Gasteiger partial charge on any atom is -0.368 e. The number of benzene rings is 1. The van der Waals surface area contributed by atoms with Gasteiger partial charge in [0.25, 0.3) is 0 Å². The maximum atomic E-state index is 6.32. The van der Waals surface area contributed by atoms with Gasteiger partial charge >= 0.3 is 0 Å². The number of hydrogen-bond donors (Lipinski definition) is 0.